The van der Waals surface area contributed by atoms with E-state index >= 15 is 0 Å². The largest absolute Gasteiger partial charge is 0.493 e. The molecule has 1 unspecified atom stereocenters. The zero-order valence-corrected chi connectivity index (χ0v) is 20.3. The maximum Gasteiger partial charge on any atom is 0.338 e. The van der Waals surface area contributed by atoms with E-state index in [0.29, 0.717) is 5.70 Å². The second-order valence-electron chi connectivity index (χ2n) is 8.34. The highest BCUT2D eigenvalue weighted by Crippen LogP contribution is 2.42. The SMILES string of the molecule is CCOC(=O)C1=C(C(C)C)NC(=O)NC1c1cc(OC)c(OCc2ccc(C)cc2)c([N+](=O)[O-])c1. The van der Waals surface area contributed by atoms with Crippen molar-refractivity contribution >= 4 is 17.7 Å². The number of urea groups is 1. The molecule has 0 spiro atoms. The number of ether oxygens (including phenoxy) is 3. The minimum absolute atomic E-state index is 0.0483. The molecule has 2 aromatic rings. The van der Waals surface area contributed by atoms with Gasteiger partial charge in [-0.25, -0.2) is 9.59 Å². The number of esters is 1. The molecule has 0 aliphatic carbocycles. The van der Waals surface area contributed by atoms with Gasteiger partial charge >= 0.3 is 17.7 Å². The molecule has 2 N–H and O–H groups in total. The van der Waals surface area contributed by atoms with Crippen molar-refractivity contribution in [2.24, 2.45) is 5.92 Å². The molecule has 10 heteroatoms. The average Bonchev–Trinajstić information content (AvgIpc) is 2.82. The van der Waals surface area contributed by atoms with Gasteiger partial charge in [0.2, 0.25) is 5.75 Å². The molecular formula is C25H29N3O7. The Morgan fingerprint density at radius 1 is 1.20 bits per heavy atom. The van der Waals surface area contributed by atoms with Crippen LogP contribution >= 0.6 is 0 Å². The standard InChI is InChI=1S/C25H29N3O7/c1-6-34-24(29)20-21(14(2)3)26-25(30)27-22(20)17-11-18(28(31)32)23(19(12-17)33-5)35-13-16-9-7-15(4)8-10-16/h7-12,14,22H,6,13H2,1-5H3,(H2,26,27,30). The summed E-state index contributed by atoms with van der Waals surface area (Å²) in [7, 11) is 1.37. The predicted molar refractivity (Wildman–Crippen MR) is 128 cm³/mol. The maximum atomic E-state index is 12.9. The summed E-state index contributed by atoms with van der Waals surface area (Å²) < 4.78 is 16.5. The van der Waals surface area contributed by atoms with Crippen LogP contribution in [0.5, 0.6) is 11.5 Å². The summed E-state index contributed by atoms with van der Waals surface area (Å²) in [6, 6.07) is 8.86. The Morgan fingerprint density at radius 3 is 2.46 bits per heavy atom. The van der Waals surface area contributed by atoms with E-state index in [4.69, 9.17) is 14.2 Å². The molecule has 2 aromatic carbocycles. The van der Waals surface area contributed by atoms with Crippen LogP contribution in [0, 0.1) is 23.0 Å². The summed E-state index contributed by atoms with van der Waals surface area (Å²) in [5, 5.41) is 17.3. The molecule has 1 aliphatic rings. The number of aryl methyl sites for hydroxylation is 1. The number of amides is 2. The lowest BCUT2D eigenvalue weighted by Crippen LogP contribution is -2.47. The molecule has 35 heavy (non-hydrogen) atoms. The van der Waals surface area contributed by atoms with Gasteiger partial charge in [-0.3, -0.25) is 10.1 Å². The fourth-order valence-corrected chi connectivity index (χ4v) is 3.77. The Kier molecular flexibility index (Phi) is 7.95. The van der Waals surface area contributed by atoms with Crippen LogP contribution in [0.2, 0.25) is 0 Å². The van der Waals surface area contributed by atoms with Crippen LogP contribution in [0.4, 0.5) is 10.5 Å². The highest BCUT2D eigenvalue weighted by atomic mass is 16.6. The minimum atomic E-state index is -0.987. The Balaban J connectivity index is 2.09. The Bertz CT molecular complexity index is 1160. The molecule has 186 valence electrons. The van der Waals surface area contributed by atoms with Crippen LogP contribution < -0.4 is 20.1 Å². The van der Waals surface area contributed by atoms with E-state index in [-0.39, 0.29) is 47.5 Å². The normalized spacial score (nSPS) is 15.4. The lowest BCUT2D eigenvalue weighted by molar-refractivity contribution is -0.386. The first-order valence-electron chi connectivity index (χ1n) is 11.2. The predicted octanol–water partition coefficient (Wildman–Crippen LogP) is 4.32. The fraction of sp³-hybridized carbons (Fsp3) is 0.360. The number of nitro benzene ring substituents is 1. The van der Waals surface area contributed by atoms with E-state index in [1.54, 1.807) is 6.92 Å². The van der Waals surface area contributed by atoms with Gasteiger partial charge in [-0.1, -0.05) is 43.7 Å². The molecule has 3 rings (SSSR count). The Morgan fingerprint density at radius 2 is 1.89 bits per heavy atom. The molecule has 10 nitrogen and oxygen atoms in total. The average molecular weight is 484 g/mol. The molecule has 2 amide bonds. The van der Waals surface area contributed by atoms with E-state index in [1.807, 2.05) is 45.0 Å². The summed E-state index contributed by atoms with van der Waals surface area (Å²) >= 11 is 0. The molecule has 0 saturated carbocycles. The van der Waals surface area contributed by atoms with E-state index in [0.717, 1.165) is 11.1 Å². The zero-order chi connectivity index (χ0) is 25.7. The topological polar surface area (TPSA) is 129 Å². The highest BCUT2D eigenvalue weighted by Gasteiger charge is 2.36. The maximum absolute atomic E-state index is 12.9. The monoisotopic (exact) mass is 483 g/mol. The van der Waals surface area contributed by atoms with Crippen molar-refractivity contribution in [3.05, 3.63) is 74.5 Å². The van der Waals surface area contributed by atoms with E-state index < -0.39 is 23.0 Å². The van der Waals surface area contributed by atoms with Crippen molar-refractivity contribution < 1.29 is 28.7 Å². The van der Waals surface area contributed by atoms with E-state index in [1.165, 1.54) is 19.2 Å². The number of allylic oxidation sites excluding steroid dienone is 1. The van der Waals surface area contributed by atoms with Crippen LogP contribution in [-0.2, 0) is 16.1 Å². The summed E-state index contributed by atoms with van der Waals surface area (Å²) in [5.41, 5.74) is 2.40. The van der Waals surface area contributed by atoms with E-state index in [2.05, 4.69) is 10.6 Å². The van der Waals surface area contributed by atoms with Gasteiger partial charge in [0.05, 0.1) is 30.3 Å². The molecule has 1 heterocycles. The third-order valence-corrected chi connectivity index (χ3v) is 5.49. The van der Waals surface area contributed by atoms with Gasteiger partial charge in [-0.2, -0.15) is 0 Å². The van der Waals surface area contributed by atoms with Crippen molar-refractivity contribution in [3.8, 4) is 11.5 Å². The Hall–Kier alpha value is -4.08. The number of nitrogens with one attached hydrogen (secondary N) is 2. The number of nitro groups is 1. The third kappa shape index (κ3) is 5.71. The van der Waals surface area contributed by atoms with Crippen molar-refractivity contribution in [1.82, 2.24) is 10.6 Å². The number of benzene rings is 2. The molecule has 0 aromatic heterocycles. The lowest BCUT2D eigenvalue weighted by atomic mass is 9.91. The van der Waals surface area contributed by atoms with Gasteiger partial charge in [-0.05, 0) is 37.0 Å². The molecule has 0 radical (unpaired) electrons. The first-order valence-corrected chi connectivity index (χ1v) is 11.2. The van der Waals surface area contributed by atoms with Gasteiger partial charge in [0.1, 0.15) is 6.61 Å². The van der Waals surface area contributed by atoms with Gasteiger partial charge in [0, 0.05) is 11.8 Å². The molecule has 0 saturated heterocycles. The number of carbonyl (C=O) groups excluding carboxylic acids is 2. The van der Waals surface area contributed by atoms with Crippen molar-refractivity contribution in [2.45, 2.75) is 40.3 Å². The number of hydrogen-bond donors (Lipinski definition) is 2. The Labute approximate surface area is 203 Å². The first kappa shape index (κ1) is 25.5. The van der Waals surface area contributed by atoms with Crippen molar-refractivity contribution in [3.63, 3.8) is 0 Å². The number of carbonyl (C=O) groups is 2. The second kappa shape index (κ2) is 10.9. The molecule has 1 aliphatic heterocycles. The summed E-state index contributed by atoms with van der Waals surface area (Å²) in [4.78, 5) is 36.7. The zero-order valence-electron chi connectivity index (χ0n) is 20.3. The van der Waals surface area contributed by atoms with Gasteiger partial charge < -0.3 is 24.8 Å². The second-order valence-corrected chi connectivity index (χ2v) is 8.34. The van der Waals surface area contributed by atoms with Crippen LogP contribution in [0.15, 0.2) is 47.7 Å². The van der Waals surface area contributed by atoms with Crippen molar-refractivity contribution in [2.75, 3.05) is 13.7 Å². The van der Waals surface area contributed by atoms with Crippen LogP contribution in [-0.4, -0.2) is 30.6 Å². The molecule has 1 atom stereocenters. The van der Waals surface area contributed by atoms with E-state index in [9.17, 15) is 19.7 Å². The third-order valence-electron chi connectivity index (χ3n) is 5.49. The molecule has 0 fully saturated rings. The van der Waals surface area contributed by atoms with Crippen LogP contribution in [0.1, 0.15) is 43.5 Å². The summed E-state index contributed by atoms with van der Waals surface area (Å²) in [6.07, 6.45) is 0. The number of methoxy groups -OCH3 is 1. The number of hydrogen-bond acceptors (Lipinski definition) is 7. The van der Waals surface area contributed by atoms with Gasteiger partial charge in [0.15, 0.2) is 5.75 Å². The quantitative estimate of drug-likeness (QED) is 0.309. The first-order chi connectivity index (χ1) is 16.7. The van der Waals surface area contributed by atoms with Crippen LogP contribution in [0.25, 0.3) is 0 Å². The number of nitrogens with zero attached hydrogens (tertiary/aromatic N) is 1. The van der Waals surface area contributed by atoms with Crippen molar-refractivity contribution in [1.29, 1.82) is 0 Å². The fourth-order valence-electron chi connectivity index (χ4n) is 3.77. The summed E-state index contributed by atoms with van der Waals surface area (Å²) in [6.45, 7) is 7.49. The highest BCUT2D eigenvalue weighted by molar-refractivity contribution is 5.95. The van der Waals surface area contributed by atoms with Gasteiger partial charge in [-0.15, -0.1) is 0 Å². The smallest absolute Gasteiger partial charge is 0.338 e. The minimum Gasteiger partial charge on any atom is -0.493 e. The van der Waals surface area contributed by atoms with Crippen LogP contribution in [0.3, 0.4) is 0 Å². The van der Waals surface area contributed by atoms with Gasteiger partial charge in [0.25, 0.3) is 0 Å². The molecule has 0 bridgehead atoms. The summed E-state index contributed by atoms with van der Waals surface area (Å²) in [5.74, 6) is -0.789. The number of rotatable bonds is 9. The molecular weight excluding hydrogens is 454 g/mol. The lowest BCUT2D eigenvalue weighted by Gasteiger charge is -2.31.